The fraction of sp³-hybridized carbons (Fsp3) is 0.704. The number of likely N-dealkylation sites (tertiary alicyclic amines) is 1. The molecule has 0 radical (unpaired) electrons. The van der Waals surface area contributed by atoms with Gasteiger partial charge in [0.25, 0.3) is 0 Å². The molecule has 0 bridgehead atoms. The van der Waals surface area contributed by atoms with Crippen molar-refractivity contribution in [1.29, 1.82) is 0 Å². The van der Waals surface area contributed by atoms with E-state index >= 15 is 0 Å². The zero-order chi connectivity index (χ0) is 26.0. The first-order valence-corrected chi connectivity index (χ1v) is 13.9. The lowest BCUT2D eigenvalue weighted by Gasteiger charge is -2.43. The molecule has 6 N–H and O–H groups in total. The number of hydrogen-bond donors (Lipinski definition) is 5. The normalized spacial score (nSPS) is 21.4. The lowest BCUT2D eigenvalue weighted by molar-refractivity contribution is -0.0551. The number of likely N-dealkylation sites (N-methyl/N-ethyl adjacent to an activating group) is 1. The highest BCUT2D eigenvalue weighted by Gasteiger charge is 2.41. The lowest BCUT2D eigenvalue weighted by atomic mass is 9.74. The third-order valence-electron chi connectivity index (χ3n) is 7.86. The molecule has 0 aromatic heterocycles. The minimum absolute atomic E-state index is 0.0559. The predicted octanol–water partition coefficient (Wildman–Crippen LogP) is 3.96. The first-order valence-electron chi connectivity index (χ1n) is 13.5. The Morgan fingerprint density at radius 2 is 2.00 bits per heavy atom. The number of halogens is 1. The summed E-state index contributed by atoms with van der Waals surface area (Å²) in [6.07, 6.45) is 10.0. The summed E-state index contributed by atoms with van der Waals surface area (Å²) in [4.78, 5) is 26.3. The van der Waals surface area contributed by atoms with Gasteiger partial charge in [0.1, 0.15) is 0 Å². The van der Waals surface area contributed by atoms with Crippen molar-refractivity contribution in [2.75, 3.05) is 33.2 Å². The van der Waals surface area contributed by atoms with E-state index in [-0.39, 0.29) is 18.0 Å². The molecule has 1 aromatic rings. The van der Waals surface area contributed by atoms with Crippen molar-refractivity contribution >= 4 is 23.7 Å². The number of aliphatic hydroxyl groups is 1. The van der Waals surface area contributed by atoms with E-state index < -0.39 is 11.6 Å². The molecule has 2 aliphatic rings. The van der Waals surface area contributed by atoms with Crippen LogP contribution < -0.4 is 21.7 Å². The maximum absolute atomic E-state index is 13.3. The third kappa shape index (κ3) is 8.25. The molecule has 1 aromatic carbocycles. The van der Waals surface area contributed by atoms with Gasteiger partial charge in [-0.05, 0) is 62.8 Å². The minimum Gasteiger partial charge on any atom is -0.385 e. The Kier molecular flexibility index (Phi) is 11.1. The maximum atomic E-state index is 13.3. The predicted molar refractivity (Wildman–Crippen MR) is 144 cm³/mol. The number of primary amides is 1. The Morgan fingerprint density at radius 3 is 2.69 bits per heavy atom. The summed E-state index contributed by atoms with van der Waals surface area (Å²) in [5.41, 5.74) is 4.77. The first kappa shape index (κ1) is 28.5. The van der Waals surface area contributed by atoms with Gasteiger partial charge in [0.2, 0.25) is 0 Å². The van der Waals surface area contributed by atoms with Gasteiger partial charge < -0.3 is 31.7 Å². The molecular weight excluding hydrogens is 478 g/mol. The van der Waals surface area contributed by atoms with Crippen LogP contribution in [0.15, 0.2) is 24.3 Å². The molecular formula is C27H44ClN5O3. The maximum Gasteiger partial charge on any atom is 0.317 e. The van der Waals surface area contributed by atoms with Crippen LogP contribution in [0.1, 0.15) is 69.8 Å². The van der Waals surface area contributed by atoms with E-state index in [1.54, 1.807) is 12.1 Å². The molecule has 36 heavy (non-hydrogen) atoms. The molecule has 202 valence electrons. The van der Waals surface area contributed by atoms with Gasteiger partial charge in [0.05, 0.1) is 5.60 Å². The van der Waals surface area contributed by atoms with Crippen molar-refractivity contribution in [2.45, 2.75) is 75.9 Å². The van der Waals surface area contributed by atoms with Crippen molar-refractivity contribution in [3.8, 4) is 0 Å². The van der Waals surface area contributed by atoms with E-state index in [0.29, 0.717) is 43.4 Å². The second-order valence-corrected chi connectivity index (χ2v) is 11.0. The average molecular weight is 522 g/mol. The van der Waals surface area contributed by atoms with Crippen molar-refractivity contribution in [2.24, 2.45) is 17.6 Å². The smallest absolute Gasteiger partial charge is 0.317 e. The van der Waals surface area contributed by atoms with Crippen LogP contribution in [0.4, 0.5) is 9.59 Å². The van der Waals surface area contributed by atoms with Crippen LogP contribution in [-0.4, -0.2) is 61.3 Å². The van der Waals surface area contributed by atoms with Gasteiger partial charge in [0, 0.05) is 43.2 Å². The number of benzene rings is 1. The second-order valence-electron chi connectivity index (χ2n) is 10.6. The summed E-state index contributed by atoms with van der Waals surface area (Å²) in [7, 11) is 1.93. The highest BCUT2D eigenvalue weighted by Crippen LogP contribution is 2.40. The average Bonchev–Trinajstić information content (AvgIpc) is 2.87. The Bertz CT molecular complexity index is 850. The SMILES string of the molecule is CNC[C@H](CC1CCCCC1)NC(=O)N1CCC[C@@H]([C@@](O)(CCCNC(N)=O)c2cccc(Cl)c2)C1. The Labute approximate surface area is 220 Å². The summed E-state index contributed by atoms with van der Waals surface area (Å²) in [6.45, 7) is 2.27. The fourth-order valence-electron chi connectivity index (χ4n) is 5.99. The Hall–Kier alpha value is -2.03. The molecule has 9 heteroatoms. The minimum atomic E-state index is -1.17. The third-order valence-corrected chi connectivity index (χ3v) is 8.10. The van der Waals surface area contributed by atoms with E-state index in [2.05, 4.69) is 16.0 Å². The molecule has 1 aliphatic heterocycles. The lowest BCUT2D eigenvalue weighted by Crippen LogP contribution is -2.54. The van der Waals surface area contributed by atoms with E-state index in [9.17, 15) is 14.7 Å². The standard InChI is InChI=1S/C27H44ClN5O3/c1-30-18-24(16-20-8-3-2-4-9-20)32-26(35)33-15-6-11-22(19-33)27(36,13-7-14-31-25(29)34)21-10-5-12-23(28)17-21/h5,10,12,17,20,22,24,30,36H,2-4,6-9,11,13-16,18-19H2,1H3,(H,32,35)(H3,29,31,34)/t22-,24+,27-/m1/s1. The highest BCUT2D eigenvalue weighted by molar-refractivity contribution is 6.30. The second kappa shape index (κ2) is 14.1. The molecule has 2 fully saturated rings. The van der Waals surface area contributed by atoms with E-state index in [4.69, 9.17) is 17.3 Å². The molecule has 4 amide bonds. The molecule has 0 spiro atoms. The number of piperidine rings is 1. The zero-order valence-corrected chi connectivity index (χ0v) is 22.4. The number of carbonyl (C=O) groups excluding carboxylic acids is 2. The summed E-state index contributed by atoms with van der Waals surface area (Å²) in [5, 5.41) is 21.7. The van der Waals surface area contributed by atoms with Gasteiger partial charge in [-0.25, -0.2) is 9.59 Å². The van der Waals surface area contributed by atoms with Gasteiger partial charge in [-0.3, -0.25) is 0 Å². The number of urea groups is 2. The topological polar surface area (TPSA) is 120 Å². The number of hydrogen-bond acceptors (Lipinski definition) is 4. The quantitative estimate of drug-likeness (QED) is 0.283. The monoisotopic (exact) mass is 521 g/mol. The van der Waals surface area contributed by atoms with Crippen molar-refractivity contribution < 1.29 is 14.7 Å². The van der Waals surface area contributed by atoms with Crippen molar-refractivity contribution in [3.63, 3.8) is 0 Å². The summed E-state index contributed by atoms with van der Waals surface area (Å²) < 4.78 is 0. The molecule has 8 nitrogen and oxygen atoms in total. The van der Waals surface area contributed by atoms with Crippen molar-refractivity contribution in [3.05, 3.63) is 34.9 Å². The zero-order valence-electron chi connectivity index (χ0n) is 21.6. The van der Waals surface area contributed by atoms with Gasteiger partial charge in [-0.15, -0.1) is 0 Å². The Morgan fingerprint density at radius 1 is 1.22 bits per heavy atom. The van der Waals surface area contributed by atoms with Gasteiger partial charge >= 0.3 is 12.1 Å². The van der Waals surface area contributed by atoms with Crippen LogP contribution in [-0.2, 0) is 5.60 Å². The van der Waals surface area contributed by atoms with Gasteiger partial charge in [-0.2, -0.15) is 0 Å². The van der Waals surface area contributed by atoms with Crippen molar-refractivity contribution in [1.82, 2.24) is 20.9 Å². The highest BCUT2D eigenvalue weighted by atomic mass is 35.5. The van der Waals surface area contributed by atoms with Crippen LogP contribution in [0, 0.1) is 11.8 Å². The van der Waals surface area contributed by atoms with Crippen LogP contribution in [0.3, 0.4) is 0 Å². The largest absolute Gasteiger partial charge is 0.385 e. The first-order chi connectivity index (χ1) is 17.3. The van der Waals surface area contributed by atoms with Crippen LogP contribution in [0.25, 0.3) is 0 Å². The fourth-order valence-corrected chi connectivity index (χ4v) is 6.18. The van der Waals surface area contributed by atoms with Gasteiger partial charge in [-0.1, -0.05) is 55.8 Å². The Balaban J connectivity index is 1.68. The number of nitrogens with one attached hydrogen (secondary N) is 3. The van der Waals surface area contributed by atoms with Crippen LogP contribution in [0.2, 0.25) is 5.02 Å². The van der Waals surface area contributed by atoms with Crippen LogP contribution >= 0.6 is 11.6 Å². The van der Waals surface area contributed by atoms with Gasteiger partial charge in [0.15, 0.2) is 0 Å². The van der Waals surface area contributed by atoms with Crippen LogP contribution in [0.5, 0.6) is 0 Å². The molecule has 1 aliphatic carbocycles. The molecule has 1 saturated carbocycles. The summed E-state index contributed by atoms with van der Waals surface area (Å²) >= 11 is 6.27. The summed E-state index contributed by atoms with van der Waals surface area (Å²) in [6, 6.07) is 6.78. The number of rotatable bonds is 11. The van der Waals surface area contributed by atoms with E-state index in [1.165, 1.54) is 32.1 Å². The molecule has 3 atom stereocenters. The molecule has 1 heterocycles. The van der Waals surface area contributed by atoms with E-state index in [0.717, 1.165) is 31.4 Å². The molecule has 1 saturated heterocycles. The summed E-state index contributed by atoms with van der Waals surface area (Å²) in [5.74, 6) is 0.526. The van der Waals surface area contributed by atoms with E-state index in [1.807, 2.05) is 24.1 Å². The number of carbonyl (C=O) groups is 2. The number of nitrogens with two attached hydrogens (primary N) is 1. The number of amides is 4. The molecule has 0 unspecified atom stereocenters. The number of nitrogens with zero attached hydrogens (tertiary/aromatic N) is 1. The molecule has 3 rings (SSSR count).